The third kappa shape index (κ3) is 2.79. The molecule has 0 aliphatic rings. The van der Waals surface area contributed by atoms with Crippen LogP contribution in [0.5, 0.6) is 5.88 Å². The summed E-state index contributed by atoms with van der Waals surface area (Å²) in [4.78, 5) is 15.8. The van der Waals surface area contributed by atoms with Crippen molar-refractivity contribution in [2.75, 3.05) is 7.11 Å². The van der Waals surface area contributed by atoms with E-state index in [4.69, 9.17) is 4.74 Å². The second kappa shape index (κ2) is 5.73. The summed E-state index contributed by atoms with van der Waals surface area (Å²) in [5.41, 5.74) is 0.0275. The Morgan fingerprint density at radius 1 is 1.15 bits per heavy atom. The lowest BCUT2D eigenvalue weighted by Crippen LogP contribution is -2.09. The van der Waals surface area contributed by atoms with Gasteiger partial charge in [0.05, 0.1) is 12.7 Å². The van der Waals surface area contributed by atoms with E-state index >= 15 is 0 Å². The van der Waals surface area contributed by atoms with Gasteiger partial charge in [0.25, 0.3) is 0 Å². The van der Waals surface area contributed by atoms with E-state index in [2.05, 4.69) is 4.98 Å². The maximum Gasteiger partial charge on any atom is 0.212 e. The highest BCUT2D eigenvalue weighted by Crippen LogP contribution is 2.17. The van der Waals surface area contributed by atoms with Gasteiger partial charge in [0, 0.05) is 18.7 Å². The Balaban J connectivity index is 2.21. The van der Waals surface area contributed by atoms with Crippen molar-refractivity contribution >= 4 is 5.78 Å². The number of methoxy groups -OCH3 is 1. The monoisotopic (exact) mass is 281 g/mol. The summed E-state index contributed by atoms with van der Waals surface area (Å²) >= 11 is 0. The predicted molar refractivity (Wildman–Crippen MR) is 65.1 cm³/mol. The summed E-state index contributed by atoms with van der Waals surface area (Å²) in [6.07, 6.45) is 1.23. The van der Waals surface area contributed by atoms with Gasteiger partial charge in [0.15, 0.2) is 23.2 Å². The molecular weight excluding hydrogens is 271 g/mol. The fourth-order valence-corrected chi connectivity index (χ4v) is 1.66. The third-order valence-corrected chi connectivity index (χ3v) is 2.71. The van der Waals surface area contributed by atoms with Gasteiger partial charge >= 0.3 is 0 Å². The number of carbonyl (C=O) groups is 1. The van der Waals surface area contributed by atoms with Crippen LogP contribution < -0.4 is 4.74 Å². The molecule has 6 heteroatoms. The molecule has 0 spiro atoms. The molecule has 20 heavy (non-hydrogen) atoms. The predicted octanol–water partition coefficient (Wildman–Crippen LogP) is 2.93. The number of hydrogen-bond donors (Lipinski definition) is 0. The van der Waals surface area contributed by atoms with Crippen LogP contribution in [0.1, 0.15) is 15.9 Å². The van der Waals surface area contributed by atoms with E-state index in [1.807, 2.05) is 0 Å². The van der Waals surface area contributed by atoms with Crippen molar-refractivity contribution in [2.24, 2.45) is 0 Å². The lowest BCUT2D eigenvalue weighted by atomic mass is 10.0. The van der Waals surface area contributed by atoms with Gasteiger partial charge in [-0.05, 0) is 17.7 Å². The summed E-state index contributed by atoms with van der Waals surface area (Å²) in [5, 5.41) is 0. The van der Waals surface area contributed by atoms with Crippen LogP contribution in [0.15, 0.2) is 30.5 Å². The van der Waals surface area contributed by atoms with Crippen molar-refractivity contribution in [3.05, 3.63) is 59.0 Å². The summed E-state index contributed by atoms with van der Waals surface area (Å²) in [6.45, 7) is 0. The summed E-state index contributed by atoms with van der Waals surface area (Å²) in [7, 11) is 1.45. The number of Topliss-reactive ketones (excluding diaryl/α,β-unsaturated/α-hetero) is 1. The maximum atomic E-state index is 13.5. The molecule has 0 saturated carbocycles. The Hall–Kier alpha value is -2.37. The zero-order valence-electron chi connectivity index (χ0n) is 10.5. The normalized spacial score (nSPS) is 10.4. The van der Waals surface area contributed by atoms with E-state index in [0.717, 1.165) is 12.1 Å². The number of hydrogen-bond acceptors (Lipinski definition) is 3. The molecule has 0 unspecified atom stereocenters. The van der Waals surface area contributed by atoms with E-state index in [1.54, 1.807) is 12.1 Å². The van der Waals surface area contributed by atoms with Gasteiger partial charge in [-0.25, -0.2) is 18.2 Å². The van der Waals surface area contributed by atoms with Crippen LogP contribution in [0.4, 0.5) is 13.2 Å². The Kier molecular flexibility index (Phi) is 4.02. The van der Waals surface area contributed by atoms with Crippen LogP contribution in [0.3, 0.4) is 0 Å². The molecule has 0 N–H and O–H groups in total. The molecule has 2 rings (SSSR count). The highest BCUT2D eigenvalue weighted by atomic mass is 19.2. The molecule has 104 valence electrons. The van der Waals surface area contributed by atoms with Crippen LogP contribution in [-0.4, -0.2) is 17.9 Å². The number of aromatic nitrogens is 1. The molecule has 0 aliphatic heterocycles. The Bertz CT molecular complexity index is 642. The van der Waals surface area contributed by atoms with Crippen LogP contribution >= 0.6 is 0 Å². The minimum Gasteiger partial charge on any atom is -0.481 e. The van der Waals surface area contributed by atoms with Crippen molar-refractivity contribution in [1.29, 1.82) is 0 Å². The topological polar surface area (TPSA) is 39.2 Å². The van der Waals surface area contributed by atoms with Crippen molar-refractivity contribution in [1.82, 2.24) is 4.98 Å². The number of rotatable bonds is 4. The first-order chi connectivity index (χ1) is 9.52. The van der Waals surface area contributed by atoms with E-state index in [0.29, 0.717) is 11.4 Å². The number of benzene rings is 1. The first-order valence-electron chi connectivity index (χ1n) is 5.68. The van der Waals surface area contributed by atoms with Crippen molar-refractivity contribution in [3.8, 4) is 5.88 Å². The lowest BCUT2D eigenvalue weighted by molar-refractivity contribution is 0.0987. The summed E-state index contributed by atoms with van der Waals surface area (Å²) in [6, 6.07) is 4.77. The summed E-state index contributed by atoms with van der Waals surface area (Å²) < 4.78 is 44.2. The second-order valence-corrected chi connectivity index (χ2v) is 4.03. The van der Waals surface area contributed by atoms with Crippen molar-refractivity contribution in [2.45, 2.75) is 6.42 Å². The van der Waals surface area contributed by atoms with E-state index in [9.17, 15) is 18.0 Å². The largest absolute Gasteiger partial charge is 0.481 e. The quantitative estimate of drug-likeness (QED) is 0.639. The molecule has 0 bridgehead atoms. The number of ether oxygens (including phenoxy) is 1. The molecule has 1 aromatic carbocycles. The van der Waals surface area contributed by atoms with Crippen molar-refractivity contribution < 1.29 is 22.7 Å². The molecule has 2 aromatic rings. The van der Waals surface area contributed by atoms with E-state index in [1.165, 1.54) is 13.3 Å². The van der Waals surface area contributed by atoms with Crippen LogP contribution in [0, 0.1) is 17.5 Å². The van der Waals surface area contributed by atoms with Gasteiger partial charge < -0.3 is 4.74 Å². The van der Waals surface area contributed by atoms with Gasteiger partial charge in [-0.3, -0.25) is 4.79 Å². The molecule has 1 aromatic heterocycles. The molecule has 1 heterocycles. The zero-order valence-corrected chi connectivity index (χ0v) is 10.5. The molecular formula is C14H10F3NO2. The smallest absolute Gasteiger partial charge is 0.212 e. The van der Waals surface area contributed by atoms with Gasteiger partial charge in [-0.2, -0.15) is 0 Å². The minimum atomic E-state index is -1.65. The molecule has 0 amide bonds. The highest BCUT2D eigenvalue weighted by Gasteiger charge is 2.18. The standard InChI is InChI=1S/C14H10F3NO2/c1-20-12-5-2-8(7-18-12)6-11(19)9-3-4-10(15)14(17)13(9)16/h2-5,7H,6H2,1H3. The Morgan fingerprint density at radius 2 is 1.90 bits per heavy atom. The number of pyridine rings is 1. The van der Waals surface area contributed by atoms with E-state index < -0.39 is 28.8 Å². The number of carbonyl (C=O) groups excluding carboxylic acids is 1. The van der Waals surface area contributed by atoms with Crippen LogP contribution in [0.25, 0.3) is 0 Å². The minimum absolute atomic E-state index is 0.168. The third-order valence-electron chi connectivity index (χ3n) is 2.71. The summed E-state index contributed by atoms with van der Waals surface area (Å²) in [5.74, 6) is -4.74. The van der Waals surface area contributed by atoms with Gasteiger partial charge in [-0.15, -0.1) is 0 Å². The average molecular weight is 281 g/mol. The first kappa shape index (κ1) is 14.0. The lowest BCUT2D eigenvalue weighted by Gasteiger charge is -2.05. The molecule has 3 nitrogen and oxygen atoms in total. The number of nitrogens with zero attached hydrogens (tertiary/aromatic N) is 1. The Labute approximate surface area is 113 Å². The Morgan fingerprint density at radius 3 is 2.50 bits per heavy atom. The number of ketones is 1. The van der Waals surface area contributed by atoms with Crippen LogP contribution in [0.2, 0.25) is 0 Å². The fourth-order valence-electron chi connectivity index (χ4n) is 1.66. The fraction of sp³-hybridized carbons (Fsp3) is 0.143. The zero-order chi connectivity index (χ0) is 14.7. The molecule has 0 saturated heterocycles. The van der Waals surface area contributed by atoms with Gasteiger partial charge in [-0.1, -0.05) is 6.07 Å². The molecule has 0 aliphatic carbocycles. The van der Waals surface area contributed by atoms with Gasteiger partial charge in [0.2, 0.25) is 5.88 Å². The second-order valence-electron chi connectivity index (χ2n) is 4.03. The highest BCUT2D eigenvalue weighted by molar-refractivity contribution is 5.97. The molecule has 0 fully saturated rings. The SMILES string of the molecule is COc1ccc(CC(=O)c2ccc(F)c(F)c2F)cn1. The molecule has 0 radical (unpaired) electrons. The maximum absolute atomic E-state index is 13.5. The van der Waals surface area contributed by atoms with Gasteiger partial charge in [0.1, 0.15) is 0 Å². The first-order valence-corrected chi connectivity index (χ1v) is 5.68. The van der Waals surface area contributed by atoms with E-state index in [-0.39, 0.29) is 6.42 Å². The molecule has 0 atom stereocenters. The van der Waals surface area contributed by atoms with Crippen LogP contribution in [-0.2, 0) is 6.42 Å². The average Bonchev–Trinajstić information content (AvgIpc) is 2.45. The number of halogens is 3. The van der Waals surface area contributed by atoms with Crippen molar-refractivity contribution in [3.63, 3.8) is 0 Å².